The van der Waals surface area contributed by atoms with Crippen LogP contribution >= 0.6 is 0 Å². The van der Waals surface area contributed by atoms with E-state index >= 15 is 0 Å². The average Bonchev–Trinajstić information content (AvgIpc) is 2.66. The Kier molecular flexibility index (Phi) is 8.35. The van der Waals surface area contributed by atoms with Crippen LogP contribution in [0.1, 0.15) is 59.8 Å². The quantitative estimate of drug-likeness (QED) is 0.749. The summed E-state index contributed by atoms with van der Waals surface area (Å²) in [5.74, 6) is 0.575. The second-order valence-corrected chi connectivity index (χ2v) is 8.10. The lowest BCUT2D eigenvalue weighted by Gasteiger charge is -2.34. The van der Waals surface area contributed by atoms with Gasteiger partial charge in [-0.3, -0.25) is 9.59 Å². The first-order chi connectivity index (χ1) is 12.4. The molecule has 2 amide bonds. The Balaban J connectivity index is 1.70. The van der Waals surface area contributed by atoms with Gasteiger partial charge in [0.15, 0.2) is 0 Å². The molecule has 2 heterocycles. The van der Waals surface area contributed by atoms with E-state index in [4.69, 9.17) is 9.47 Å². The van der Waals surface area contributed by atoms with Gasteiger partial charge in [0.25, 0.3) is 5.91 Å². The van der Waals surface area contributed by atoms with Crippen LogP contribution in [-0.4, -0.2) is 61.3 Å². The largest absolute Gasteiger partial charge is 0.376 e. The predicted octanol–water partition coefficient (Wildman–Crippen LogP) is 2.36. The van der Waals surface area contributed by atoms with Crippen molar-refractivity contribution >= 4 is 11.8 Å². The number of hydrogen-bond donors (Lipinski definition) is 1. The van der Waals surface area contributed by atoms with Crippen molar-refractivity contribution in [1.82, 2.24) is 10.2 Å². The fourth-order valence-electron chi connectivity index (χ4n) is 3.39. The lowest BCUT2D eigenvalue weighted by atomic mass is 9.94. The molecular formula is C20H36N2O4. The minimum Gasteiger partial charge on any atom is -0.376 e. The van der Waals surface area contributed by atoms with Crippen LogP contribution in [0, 0.1) is 11.8 Å². The summed E-state index contributed by atoms with van der Waals surface area (Å²) in [6.07, 6.45) is 4.41. The summed E-state index contributed by atoms with van der Waals surface area (Å²) < 4.78 is 11.4. The Morgan fingerprint density at radius 3 is 2.38 bits per heavy atom. The number of carbonyl (C=O) groups excluding carboxylic acids is 2. The molecule has 0 aliphatic carbocycles. The number of rotatable bonds is 7. The lowest BCUT2D eigenvalue weighted by molar-refractivity contribution is -0.148. The Hall–Kier alpha value is -1.14. The van der Waals surface area contributed by atoms with E-state index in [9.17, 15) is 9.59 Å². The molecule has 3 unspecified atom stereocenters. The Labute approximate surface area is 158 Å². The molecule has 2 saturated heterocycles. The predicted molar refractivity (Wildman–Crippen MR) is 101 cm³/mol. The van der Waals surface area contributed by atoms with Crippen molar-refractivity contribution < 1.29 is 19.1 Å². The van der Waals surface area contributed by atoms with E-state index in [-0.39, 0.29) is 29.9 Å². The number of amides is 2. The van der Waals surface area contributed by atoms with Gasteiger partial charge in [-0.25, -0.2) is 0 Å². The first-order valence-corrected chi connectivity index (χ1v) is 10.2. The monoisotopic (exact) mass is 368 g/mol. The minimum absolute atomic E-state index is 0.00659. The Morgan fingerprint density at radius 1 is 1.12 bits per heavy atom. The van der Waals surface area contributed by atoms with Gasteiger partial charge in [0, 0.05) is 31.7 Å². The zero-order valence-electron chi connectivity index (χ0n) is 16.8. The molecule has 2 fully saturated rings. The highest BCUT2D eigenvalue weighted by molar-refractivity contribution is 5.82. The maximum absolute atomic E-state index is 12.6. The topological polar surface area (TPSA) is 67.9 Å². The van der Waals surface area contributed by atoms with Crippen molar-refractivity contribution in [3.63, 3.8) is 0 Å². The van der Waals surface area contributed by atoms with Crippen LogP contribution in [0.4, 0.5) is 0 Å². The Morgan fingerprint density at radius 2 is 1.81 bits per heavy atom. The molecule has 0 radical (unpaired) electrons. The summed E-state index contributed by atoms with van der Waals surface area (Å²) in [5.41, 5.74) is 0. The molecular weight excluding hydrogens is 332 g/mol. The zero-order chi connectivity index (χ0) is 19.1. The standard InChI is InChI=1S/C20H36N2O4/c1-14(2)15(3)21-19(23)17-8-10-22(11-9-17)20(24)16(4)26-13-18-7-5-6-12-25-18/h14-18H,5-13H2,1-4H3,(H,21,23). The van der Waals surface area contributed by atoms with Gasteiger partial charge in [-0.05, 0) is 51.9 Å². The van der Waals surface area contributed by atoms with Gasteiger partial charge in [0.2, 0.25) is 5.91 Å². The molecule has 0 saturated carbocycles. The third kappa shape index (κ3) is 6.23. The highest BCUT2D eigenvalue weighted by Gasteiger charge is 2.30. The van der Waals surface area contributed by atoms with Gasteiger partial charge in [0.1, 0.15) is 6.10 Å². The summed E-state index contributed by atoms with van der Waals surface area (Å²) >= 11 is 0. The molecule has 150 valence electrons. The molecule has 6 heteroatoms. The molecule has 26 heavy (non-hydrogen) atoms. The fourth-order valence-corrected chi connectivity index (χ4v) is 3.39. The first kappa shape index (κ1) is 21.2. The molecule has 2 aliphatic rings. The molecule has 6 nitrogen and oxygen atoms in total. The molecule has 2 aliphatic heterocycles. The normalized spacial score (nSPS) is 24.3. The van der Waals surface area contributed by atoms with Crippen molar-refractivity contribution in [1.29, 1.82) is 0 Å². The van der Waals surface area contributed by atoms with Crippen molar-refractivity contribution in [2.24, 2.45) is 11.8 Å². The van der Waals surface area contributed by atoms with E-state index in [0.717, 1.165) is 32.3 Å². The molecule has 2 rings (SSSR count). The maximum Gasteiger partial charge on any atom is 0.251 e. The summed E-state index contributed by atoms with van der Waals surface area (Å²) in [7, 11) is 0. The summed E-state index contributed by atoms with van der Waals surface area (Å²) in [4.78, 5) is 26.8. The first-order valence-electron chi connectivity index (χ1n) is 10.2. The maximum atomic E-state index is 12.6. The molecule has 3 atom stereocenters. The van der Waals surface area contributed by atoms with Crippen LogP contribution < -0.4 is 5.32 Å². The smallest absolute Gasteiger partial charge is 0.251 e. The number of nitrogens with zero attached hydrogens (tertiary/aromatic N) is 1. The second-order valence-electron chi connectivity index (χ2n) is 8.10. The van der Waals surface area contributed by atoms with Crippen LogP contribution in [0.2, 0.25) is 0 Å². The zero-order valence-corrected chi connectivity index (χ0v) is 16.8. The van der Waals surface area contributed by atoms with Gasteiger partial charge in [-0.15, -0.1) is 0 Å². The minimum atomic E-state index is -0.452. The third-order valence-electron chi connectivity index (χ3n) is 5.70. The van der Waals surface area contributed by atoms with Gasteiger partial charge in [-0.2, -0.15) is 0 Å². The van der Waals surface area contributed by atoms with Crippen molar-refractivity contribution in [3.05, 3.63) is 0 Å². The van der Waals surface area contributed by atoms with Crippen LogP contribution in [0.5, 0.6) is 0 Å². The number of carbonyl (C=O) groups is 2. The van der Waals surface area contributed by atoms with E-state index in [1.165, 1.54) is 6.42 Å². The van der Waals surface area contributed by atoms with E-state index in [1.54, 1.807) is 0 Å². The summed E-state index contributed by atoms with van der Waals surface area (Å²) in [6, 6.07) is 0.178. The van der Waals surface area contributed by atoms with Crippen molar-refractivity contribution in [3.8, 4) is 0 Å². The van der Waals surface area contributed by atoms with E-state index in [1.807, 2.05) is 18.7 Å². The van der Waals surface area contributed by atoms with Crippen molar-refractivity contribution in [2.75, 3.05) is 26.3 Å². The number of nitrogens with one attached hydrogen (secondary N) is 1. The average molecular weight is 369 g/mol. The SMILES string of the molecule is CC(OCC1CCCCO1)C(=O)N1CCC(C(=O)NC(C)C(C)C)CC1. The molecule has 0 aromatic heterocycles. The summed E-state index contributed by atoms with van der Waals surface area (Å²) in [5, 5.41) is 3.09. The highest BCUT2D eigenvalue weighted by Crippen LogP contribution is 2.20. The molecule has 1 N–H and O–H groups in total. The Bertz CT molecular complexity index is 455. The molecule has 0 spiro atoms. The lowest BCUT2D eigenvalue weighted by Crippen LogP contribution is -2.48. The van der Waals surface area contributed by atoms with E-state index in [0.29, 0.717) is 25.6 Å². The van der Waals surface area contributed by atoms with Gasteiger partial charge < -0.3 is 19.7 Å². The van der Waals surface area contributed by atoms with Gasteiger partial charge >= 0.3 is 0 Å². The van der Waals surface area contributed by atoms with Crippen LogP contribution in [0.25, 0.3) is 0 Å². The van der Waals surface area contributed by atoms with Crippen molar-refractivity contribution in [2.45, 2.75) is 78.0 Å². The number of hydrogen-bond acceptors (Lipinski definition) is 4. The van der Waals surface area contributed by atoms with Gasteiger partial charge in [0.05, 0.1) is 12.7 Å². The number of likely N-dealkylation sites (tertiary alicyclic amines) is 1. The number of ether oxygens (including phenoxy) is 2. The molecule has 0 aromatic rings. The van der Waals surface area contributed by atoms with Crippen LogP contribution in [0.15, 0.2) is 0 Å². The van der Waals surface area contributed by atoms with E-state index in [2.05, 4.69) is 19.2 Å². The van der Waals surface area contributed by atoms with Crippen LogP contribution in [-0.2, 0) is 19.1 Å². The third-order valence-corrected chi connectivity index (χ3v) is 5.70. The second kappa shape index (κ2) is 10.3. The molecule has 0 aromatic carbocycles. The highest BCUT2D eigenvalue weighted by atomic mass is 16.5. The van der Waals surface area contributed by atoms with Crippen LogP contribution in [0.3, 0.4) is 0 Å². The summed E-state index contributed by atoms with van der Waals surface area (Å²) in [6.45, 7) is 10.6. The number of piperidine rings is 1. The molecule has 0 bridgehead atoms. The van der Waals surface area contributed by atoms with E-state index < -0.39 is 6.10 Å². The fraction of sp³-hybridized carbons (Fsp3) is 0.900. The van der Waals surface area contributed by atoms with Gasteiger partial charge in [-0.1, -0.05) is 13.8 Å².